The molecular weight excluding hydrogens is 247 g/mol. The summed E-state index contributed by atoms with van der Waals surface area (Å²) in [4.78, 5) is 12.2. The van der Waals surface area contributed by atoms with Crippen LogP contribution in [0.4, 0.5) is 13.2 Å². The summed E-state index contributed by atoms with van der Waals surface area (Å²) in [7, 11) is 1.42. The fourth-order valence-corrected chi connectivity index (χ4v) is 2.13. The maximum absolute atomic E-state index is 12.7. The van der Waals surface area contributed by atoms with Crippen LogP contribution < -0.4 is 5.32 Å². The van der Waals surface area contributed by atoms with Crippen LogP contribution in [0.2, 0.25) is 0 Å². The van der Waals surface area contributed by atoms with E-state index in [0.29, 0.717) is 0 Å². The zero-order valence-corrected chi connectivity index (χ0v) is 11.1. The maximum Gasteiger partial charge on any atom is 0.403 e. The molecule has 1 heterocycles. The number of rotatable bonds is 2. The van der Waals surface area contributed by atoms with Gasteiger partial charge < -0.3 is 4.74 Å². The lowest BCUT2D eigenvalue weighted by atomic mass is 9.81. The van der Waals surface area contributed by atoms with Crippen LogP contribution in [0.5, 0.6) is 0 Å². The number of Topliss-reactive ketones (excluding diaryl/α,β-unsaturated/α-hetero) is 1. The van der Waals surface area contributed by atoms with Crippen molar-refractivity contribution >= 4 is 5.78 Å². The highest BCUT2D eigenvalue weighted by molar-refractivity contribution is 5.89. The number of hydrogen-bond acceptors (Lipinski definition) is 3. The first-order valence-electron chi connectivity index (χ1n) is 5.97. The van der Waals surface area contributed by atoms with Crippen molar-refractivity contribution in [2.75, 3.05) is 7.11 Å². The largest absolute Gasteiger partial charge is 0.403 e. The molecule has 0 aromatic rings. The Morgan fingerprint density at radius 2 is 1.78 bits per heavy atom. The average Bonchev–Trinajstić information content (AvgIpc) is 2.24. The van der Waals surface area contributed by atoms with E-state index in [1.54, 1.807) is 20.8 Å². The van der Waals surface area contributed by atoms with Gasteiger partial charge in [-0.15, -0.1) is 0 Å². The molecule has 0 aliphatic carbocycles. The minimum atomic E-state index is -4.32. The first-order chi connectivity index (χ1) is 8.07. The highest BCUT2D eigenvalue weighted by Crippen LogP contribution is 2.31. The van der Waals surface area contributed by atoms with Crippen LogP contribution in [0.3, 0.4) is 0 Å². The van der Waals surface area contributed by atoms with E-state index in [4.69, 9.17) is 4.74 Å². The van der Waals surface area contributed by atoms with Gasteiger partial charge in [0.1, 0.15) is 6.04 Å². The van der Waals surface area contributed by atoms with Crippen LogP contribution in [-0.4, -0.2) is 37.3 Å². The van der Waals surface area contributed by atoms with Gasteiger partial charge in [-0.1, -0.05) is 20.8 Å². The Morgan fingerprint density at radius 1 is 1.22 bits per heavy atom. The van der Waals surface area contributed by atoms with Gasteiger partial charge in [-0.3, -0.25) is 10.1 Å². The number of alkyl halides is 3. The fourth-order valence-electron chi connectivity index (χ4n) is 2.13. The summed E-state index contributed by atoms with van der Waals surface area (Å²) < 4.78 is 43.2. The highest BCUT2D eigenvalue weighted by atomic mass is 19.4. The van der Waals surface area contributed by atoms with E-state index in [-0.39, 0.29) is 18.6 Å². The molecule has 1 aliphatic rings. The van der Waals surface area contributed by atoms with E-state index in [2.05, 4.69) is 5.32 Å². The summed E-state index contributed by atoms with van der Waals surface area (Å²) in [5.41, 5.74) is -0.693. The summed E-state index contributed by atoms with van der Waals surface area (Å²) in [5, 5.41) is 2.40. The number of nitrogens with one attached hydrogen (secondary N) is 1. The summed E-state index contributed by atoms with van der Waals surface area (Å²) >= 11 is 0. The summed E-state index contributed by atoms with van der Waals surface area (Å²) in [5.74, 6) is -0.247. The standard InChI is InChI=1S/C12H20F3NO2/c1-11(2,3)10(17)9-7(18-4)5-6-8(16-9)12(13,14)15/h7-9,16H,5-6H2,1-4H3. The van der Waals surface area contributed by atoms with Crippen LogP contribution in [0.1, 0.15) is 33.6 Å². The minimum absolute atomic E-state index is 0.0596. The van der Waals surface area contributed by atoms with E-state index >= 15 is 0 Å². The van der Waals surface area contributed by atoms with Crippen molar-refractivity contribution in [1.82, 2.24) is 5.32 Å². The predicted octanol–water partition coefficient (Wildman–Crippen LogP) is 2.30. The van der Waals surface area contributed by atoms with E-state index in [1.165, 1.54) is 7.11 Å². The second kappa shape index (κ2) is 5.17. The molecule has 1 fully saturated rings. The van der Waals surface area contributed by atoms with Gasteiger partial charge in [-0.05, 0) is 12.8 Å². The van der Waals surface area contributed by atoms with Gasteiger partial charge in [0, 0.05) is 12.5 Å². The lowest BCUT2D eigenvalue weighted by Crippen LogP contribution is -2.61. The summed E-state index contributed by atoms with van der Waals surface area (Å²) in [6, 6.07) is -2.52. The first-order valence-corrected chi connectivity index (χ1v) is 5.97. The molecule has 0 amide bonds. The van der Waals surface area contributed by atoms with Gasteiger partial charge in [-0.2, -0.15) is 13.2 Å². The molecule has 18 heavy (non-hydrogen) atoms. The van der Waals surface area contributed by atoms with Crippen molar-refractivity contribution in [1.29, 1.82) is 0 Å². The summed E-state index contributed by atoms with van der Waals surface area (Å²) in [6.45, 7) is 5.09. The number of halogens is 3. The molecule has 1 rings (SSSR count). The second-order valence-corrected chi connectivity index (χ2v) is 5.70. The molecule has 3 nitrogen and oxygen atoms in total. The number of carbonyl (C=O) groups excluding carboxylic acids is 1. The molecule has 0 aromatic carbocycles. The molecular formula is C12H20F3NO2. The normalized spacial score (nSPS) is 30.3. The Labute approximate surface area is 105 Å². The number of carbonyl (C=O) groups is 1. The molecule has 1 N–H and O–H groups in total. The van der Waals surface area contributed by atoms with Gasteiger partial charge in [0.25, 0.3) is 0 Å². The van der Waals surface area contributed by atoms with Crippen LogP contribution in [-0.2, 0) is 9.53 Å². The topological polar surface area (TPSA) is 38.3 Å². The van der Waals surface area contributed by atoms with Gasteiger partial charge in [0.05, 0.1) is 12.1 Å². The van der Waals surface area contributed by atoms with Crippen molar-refractivity contribution in [3.63, 3.8) is 0 Å². The lowest BCUT2D eigenvalue weighted by Gasteiger charge is -2.39. The van der Waals surface area contributed by atoms with Crippen molar-refractivity contribution in [2.45, 2.75) is 58.0 Å². The molecule has 0 spiro atoms. The number of methoxy groups -OCH3 is 1. The summed E-state index contributed by atoms with van der Waals surface area (Å²) in [6.07, 6.45) is -4.64. The molecule has 0 aromatic heterocycles. The average molecular weight is 267 g/mol. The monoisotopic (exact) mass is 267 g/mol. The van der Waals surface area contributed by atoms with Gasteiger partial charge in [-0.25, -0.2) is 0 Å². The Kier molecular flexibility index (Phi) is 4.43. The molecule has 0 saturated carbocycles. The number of ketones is 1. The van der Waals surface area contributed by atoms with E-state index in [1.807, 2.05) is 0 Å². The molecule has 106 valence electrons. The van der Waals surface area contributed by atoms with Gasteiger partial charge in [0.2, 0.25) is 0 Å². The fraction of sp³-hybridized carbons (Fsp3) is 0.917. The third-order valence-electron chi connectivity index (χ3n) is 3.21. The molecule has 0 radical (unpaired) electrons. The second-order valence-electron chi connectivity index (χ2n) is 5.70. The molecule has 6 heteroatoms. The van der Waals surface area contributed by atoms with Gasteiger partial charge in [0.15, 0.2) is 5.78 Å². The third-order valence-corrected chi connectivity index (χ3v) is 3.21. The Balaban J connectivity index is 2.87. The number of hydrogen-bond donors (Lipinski definition) is 1. The van der Waals surface area contributed by atoms with Crippen LogP contribution >= 0.6 is 0 Å². The molecule has 1 aliphatic heterocycles. The number of ether oxygens (including phenoxy) is 1. The third kappa shape index (κ3) is 3.45. The molecule has 0 bridgehead atoms. The Hall–Kier alpha value is -0.620. The van der Waals surface area contributed by atoms with Crippen molar-refractivity contribution in [2.24, 2.45) is 5.41 Å². The molecule has 3 atom stereocenters. The molecule has 1 saturated heterocycles. The zero-order chi connectivity index (χ0) is 14.1. The van der Waals surface area contributed by atoms with E-state index in [9.17, 15) is 18.0 Å². The SMILES string of the molecule is COC1CCC(C(F)(F)F)NC1C(=O)C(C)(C)C. The van der Waals surface area contributed by atoms with E-state index < -0.39 is 29.8 Å². The van der Waals surface area contributed by atoms with Crippen LogP contribution in [0, 0.1) is 5.41 Å². The zero-order valence-electron chi connectivity index (χ0n) is 11.1. The Bertz CT molecular complexity index is 309. The Morgan fingerprint density at radius 3 is 2.17 bits per heavy atom. The highest BCUT2D eigenvalue weighted by Gasteiger charge is 2.48. The molecule has 3 unspecified atom stereocenters. The predicted molar refractivity (Wildman–Crippen MR) is 61.3 cm³/mol. The van der Waals surface area contributed by atoms with Crippen molar-refractivity contribution < 1.29 is 22.7 Å². The minimum Gasteiger partial charge on any atom is -0.379 e. The van der Waals surface area contributed by atoms with Gasteiger partial charge >= 0.3 is 6.18 Å². The first kappa shape index (κ1) is 15.4. The smallest absolute Gasteiger partial charge is 0.379 e. The quantitative estimate of drug-likeness (QED) is 0.834. The van der Waals surface area contributed by atoms with Crippen molar-refractivity contribution in [3.8, 4) is 0 Å². The van der Waals surface area contributed by atoms with Crippen LogP contribution in [0.25, 0.3) is 0 Å². The lowest BCUT2D eigenvalue weighted by molar-refractivity contribution is -0.172. The van der Waals surface area contributed by atoms with Crippen molar-refractivity contribution in [3.05, 3.63) is 0 Å². The number of piperidine rings is 1. The van der Waals surface area contributed by atoms with E-state index in [0.717, 1.165) is 0 Å². The maximum atomic E-state index is 12.7. The van der Waals surface area contributed by atoms with Crippen LogP contribution in [0.15, 0.2) is 0 Å².